The lowest BCUT2D eigenvalue weighted by Gasteiger charge is -2.18. The van der Waals surface area contributed by atoms with E-state index >= 15 is 0 Å². The van der Waals surface area contributed by atoms with Gasteiger partial charge in [0.25, 0.3) is 0 Å². The molecule has 0 spiro atoms. The summed E-state index contributed by atoms with van der Waals surface area (Å²) in [6.45, 7) is 3.93. The van der Waals surface area contributed by atoms with Crippen LogP contribution in [-0.4, -0.2) is 26.0 Å². The Bertz CT molecular complexity index is 1240. The Morgan fingerprint density at radius 2 is 2.03 bits per heavy atom. The summed E-state index contributed by atoms with van der Waals surface area (Å²) < 4.78 is 11.2. The van der Waals surface area contributed by atoms with Crippen molar-refractivity contribution >= 4 is 29.1 Å². The Hall–Kier alpha value is -3.23. The average Bonchev–Trinajstić information content (AvgIpc) is 3.46. The molecule has 1 unspecified atom stereocenters. The zero-order valence-electron chi connectivity index (χ0n) is 18.0. The molecular formula is C23H21Cl2N5O3. The van der Waals surface area contributed by atoms with Crippen molar-refractivity contribution in [1.29, 1.82) is 0 Å². The molecule has 1 aromatic carbocycles. The highest BCUT2D eigenvalue weighted by Gasteiger charge is 2.25. The van der Waals surface area contributed by atoms with Gasteiger partial charge in [-0.05, 0) is 36.2 Å². The second-order valence-corrected chi connectivity index (χ2v) is 8.57. The summed E-state index contributed by atoms with van der Waals surface area (Å²) in [6, 6.07) is 8.33. The number of hydrogen-bond acceptors (Lipinski definition) is 7. The van der Waals surface area contributed by atoms with E-state index in [9.17, 15) is 4.79 Å². The lowest BCUT2D eigenvalue weighted by atomic mass is 10.0. The molecule has 0 saturated heterocycles. The number of carbonyl (C=O) groups excluding carboxylic acids is 1. The second kappa shape index (κ2) is 10.1. The molecule has 33 heavy (non-hydrogen) atoms. The fourth-order valence-electron chi connectivity index (χ4n) is 3.19. The zero-order chi connectivity index (χ0) is 23.4. The summed E-state index contributed by atoms with van der Waals surface area (Å²) in [5, 5.41) is 7.98. The van der Waals surface area contributed by atoms with Crippen LogP contribution in [0.25, 0.3) is 22.7 Å². The summed E-state index contributed by atoms with van der Waals surface area (Å²) in [5.41, 5.74) is 1.42. The highest BCUT2D eigenvalue weighted by Crippen LogP contribution is 2.31. The molecule has 170 valence electrons. The van der Waals surface area contributed by atoms with Crippen molar-refractivity contribution in [2.45, 2.75) is 32.7 Å². The molecule has 1 N–H and O–H groups in total. The fourth-order valence-corrected chi connectivity index (χ4v) is 3.69. The molecule has 0 aliphatic heterocycles. The third-order valence-electron chi connectivity index (χ3n) is 4.93. The number of amides is 1. The number of aryl methyl sites for hydroxylation is 1. The number of pyridine rings is 1. The Labute approximate surface area is 200 Å². The average molecular weight is 486 g/mol. The largest absolute Gasteiger partial charge is 0.441 e. The van der Waals surface area contributed by atoms with Crippen LogP contribution >= 0.6 is 23.2 Å². The number of nitrogens with one attached hydrogen (secondary N) is 1. The number of halogens is 2. The van der Waals surface area contributed by atoms with Crippen LogP contribution in [0.2, 0.25) is 10.0 Å². The van der Waals surface area contributed by atoms with Gasteiger partial charge in [-0.1, -0.05) is 42.2 Å². The number of benzene rings is 1. The molecule has 8 nitrogen and oxygen atoms in total. The number of aromatic nitrogens is 4. The third-order valence-corrected chi connectivity index (χ3v) is 5.47. The first-order chi connectivity index (χ1) is 15.9. The SMILES string of the molecule is CC(C)C(NC(=O)CCc1ncc(-c2ccc(Cl)cc2Cl)o1)c1nc(-c2cccnc2)no1. The molecule has 10 heteroatoms. The van der Waals surface area contributed by atoms with Crippen molar-refractivity contribution in [2.24, 2.45) is 5.92 Å². The number of hydrogen-bond donors (Lipinski definition) is 1. The smallest absolute Gasteiger partial charge is 0.249 e. The van der Waals surface area contributed by atoms with E-state index in [0.717, 1.165) is 5.56 Å². The minimum Gasteiger partial charge on any atom is -0.441 e. The summed E-state index contributed by atoms with van der Waals surface area (Å²) >= 11 is 12.2. The maximum absolute atomic E-state index is 12.6. The van der Waals surface area contributed by atoms with E-state index in [4.69, 9.17) is 32.1 Å². The van der Waals surface area contributed by atoms with Gasteiger partial charge in [0.05, 0.1) is 11.2 Å². The number of rotatable bonds is 8. The normalized spacial score (nSPS) is 12.2. The van der Waals surface area contributed by atoms with Gasteiger partial charge in [-0.25, -0.2) is 4.98 Å². The van der Waals surface area contributed by atoms with Gasteiger partial charge in [0.15, 0.2) is 11.7 Å². The Balaban J connectivity index is 1.38. The lowest BCUT2D eigenvalue weighted by Crippen LogP contribution is -2.32. The van der Waals surface area contributed by atoms with E-state index in [2.05, 4.69) is 25.4 Å². The fraction of sp³-hybridized carbons (Fsp3) is 0.261. The van der Waals surface area contributed by atoms with Crippen LogP contribution < -0.4 is 5.32 Å². The first-order valence-corrected chi connectivity index (χ1v) is 11.1. The molecule has 0 bridgehead atoms. The summed E-state index contributed by atoms with van der Waals surface area (Å²) in [4.78, 5) is 25.4. The van der Waals surface area contributed by atoms with Gasteiger partial charge in [0, 0.05) is 41.4 Å². The predicted octanol–water partition coefficient (Wildman–Crippen LogP) is 5.54. The van der Waals surface area contributed by atoms with Crippen molar-refractivity contribution in [3.8, 4) is 22.7 Å². The van der Waals surface area contributed by atoms with Crippen LogP contribution in [0, 0.1) is 5.92 Å². The zero-order valence-corrected chi connectivity index (χ0v) is 19.5. The Morgan fingerprint density at radius 3 is 2.76 bits per heavy atom. The molecule has 0 radical (unpaired) electrons. The molecule has 1 atom stereocenters. The van der Waals surface area contributed by atoms with Gasteiger partial charge >= 0.3 is 0 Å². The third kappa shape index (κ3) is 5.58. The highest BCUT2D eigenvalue weighted by atomic mass is 35.5. The van der Waals surface area contributed by atoms with Crippen molar-refractivity contribution in [3.05, 3.63) is 70.7 Å². The minimum atomic E-state index is -0.427. The maximum atomic E-state index is 12.6. The predicted molar refractivity (Wildman–Crippen MR) is 124 cm³/mol. The molecule has 0 saturated carbocycles. The van der Waals surface area contributed by atoms with Crippen LogP contribution in [0.1, 0.15) is 38.1 Å². The minimum absolute atomic E-state index is 0.0385. The van der Waals surface area contributed by atoms with E-state index in [-0.39, 0.29) is 18.2 Å². The molecule has 0 aliphatic rings. The number of oxazole rings is 1. The Morgan fingerprint density at radius 1 is 1.18 bits per heavy atom. The van der Waals surface area contributed by atoms with E-state index in [1.807, 2.05) is 19.9 Å². The van der Waals surface area contributed by atoms with Crippen LogP contribution in [-0.2, 0) is 11.2 Å². The van der Waals surface area contributed by atoms with Gasteiger partial charge in [0.1, 0.15) is 6.04 Å². The van der Waals surface area contributed by atoms with Crippen molar-refractivity contribution in [3.63, 3.8) is 0 Å². The van der Waals surface area contributed by atoms with Crippen LogP contribution in [0.4, 0.5) is 0 Å². The number of carbonyl (C=O) groups is 1. The monoisotopic (exact) mass is 485 g/mol. The van der Waals surface area contributed by atoms with Crippen molar-refractivity contribution < 1.29 is 13.7 Å². The van der Waals surface area contributed by atoms with Gasteiger partial charge in [0.2, 0.25) is 17.6 Å². The molecule has 4 aromatic rings. The molecule has 4 rings (SSSR count). The lowest BCUT2D eigenvalue weighted by molar-refractivity contribution is -0.122. The van der Waals surface area contributed by atoms with Gasteiger partial charge in [-0.3, -0.25) is 9.78 Å². The second-order valence-electron chi connectivity index (χ2n) is 7.73. The topological polar surface area (TPSA) is 107 Å². The van der Waals surface area contributed by atoms with E-state index in [1.165, 1.54) is 0 Å². The molecule has 0 aliphatic carbocycles. The first kappa shape index (κ1) is 22.9. The quantitative estimate of drug-likeness (QED) is 0.349. The standard InChI is InChI=1S/C23H21Cl2N5O3/c1-13(2)21(23-29-22(30-33-23)14-4-3-9-26-11-14)28-19(31)7-8-20-27-12-18(32-20)16-6-5-15(24)10-17(16)25/h3-6,9-13,21H,7-8H2,1-2H3,(H,28,31). The van der Waals surface area contributed by atoms with Crippen LogP contribution in [0.15, 0.2) is 57.9 Å². The molecular weight excluding hydrogens is 465 g/mol. The highest BCUT2D eigenvalue weighted by molar-refractivity contribution is 6.36. The maximum Gasteiger partial charge on any atom is 0.249 e. The van der Waals surface area contributed by atoms with Gasteiger partial charge < -0.3 is 14.3 Å². The molecule has 3 aromatic heterocycles. The number of nitrogens with zero attached hydrogens (tertiary/aromatic N) is 4. The summed E-state index contributed by atoms with van der Waals surface area (Å²) in [6.07, 6.45) is 5.41. The first-order valence-electron chi connectivity index (χ1n) is 10.3. The van der Waals surface area contributed by atoms with E-state index in [1.54, 1.807) is 42.9 Å². The summed E-state index contributed by atoms with van der Waals surface area (Å²) in [5.74, 6) is 1.57. The summed E-state index contributed by atoms with van der Waals surface area (Å²) in [7, 11) is 0. The van der Waals surface area contributed by atoms with E-state index < -0.39 is 6.04 Å². The van der Waals surface area contributed by atoms with Gasteiger partial charge in [-0.15, -0.1) is 0 Å². The van der Waals surface area contributed by atoms with Gasteiger partial charge in [-0.2, -0.15) is 4.98 Å². The van der Waals surface area contributed by atoms with Crippen molar-refractivity contribution in [2.75, 3.05) is 0 Å². The molecule has 3 heterocycles. The van der Waals surface area contributed by atoms with E-state index in [0.29, 0.717) is 45.4 Å². The van der Waals surface area contributed by atoms with Crippen LogP contribution in [0.5, 0.6) is 0 Å². The molecule has 0 fully saturated rings. The van der Waals surface area contributed by atoms with Crippen LogP contribution in [0.3, 0.4) is 0 Å². The van der Waals surface area contributed by atoms with Crippen molar-refractivity contribution in [1.82, 2.24) is 25.4 Å². The molecule has 1 amide bonds. The Kier molecular flexibility index (Phi) is 7.05.